The van der Waals surface area contributed by atoms with Gasteiger partial charge in [0, 0.05) is 19.0 Å². The van der Waals surface area contributed by atoms with Gasteiger partial charge in [-0.1, -0.05) is 12.1 Å². The first-order chi connectivity index (χ1) is 10.0. The van der Waals surface area contributed by atoms with Crippen molar-refractivity contribution in [2.24, 2.45) is 0 Å². The number of nitrogens with one attached hydrogen (secondary N) is 1. The Morgan fingerprint density at radius 3 is 2.52 bits per heavy atom. The van der Waals surface area contributed by atoms with Crippen molar-refractivity contribution in [3.05, 3.63) is 53.9 Å². The molecule has 5 nitrogen and oxygen atoms in total. The smallest absolute Gasteiger partial charge is 0.261 e. The number of benzene rings is 1. The van der Waals surface area contributed by atoms with E-state index in [-0.39, 0.29) is 4.90 Å². The van der Waals surface area contributed by atoms with E-state index in [0.29, 0.717) is 12.3 Å². The minimum absolute atomic E-state index is 0.234. The number of aromatic nitrogens is 1. The zero-order valence-corrected chi connectivity index (χ0v) is 12.9. The summed E-state index contributed by atoms with van der Waals surface area (Å²) in [6.45, 7) is 2.42. The molecular formula is C15H18N2O3S. The molecule has 2 aromatic rings. The Balaban J connectivity index is 2.15. The van der Waals surface area contributed by atoms with Crippen molar-refractivity contribution in [1.82, 2.24) is 4.98 Å². The molecule has 0 amide bonds. The summed E-state index contributed by atoms with van der Waals surface area (Å²) >= 11 is 0. The molecule has 1 aromatic heterocycles. The fourth-order valence-corrected chi connectivity index (χ4v) is 2.93. The molecule has 1 aromatic carbocycles. The topological polar surface area (TPSA) is 68.3 Å². The van der Waals surface area contributed by atoms with Gasteiger partial charge in [-0.2, -0.15) is 0 Å². The van der Waals surface area contributed by atoms with Crippen LogP contribution in [0, 0.1) is 6.92 Å². The van der Waals surface area contributed by atoms with Crippen molar-refractivity contribution in [2.45, 2.75) is 18.2 Å². The molecule has 1 N–H and O–H groups in total. The Morgan fingerprint density at radius 1 is 1.19 bits per heavy atom. The second-order valence-corrected chi connectivity index (χ2v) is 6.36. The number of nitrogens with zero attached hydrogens (tertiary/aromatic N) is 1. The van der Waals surface area contributed by atoms with Gasteiger partial charge in [0.05, 0.1) is 17.2 Å². The van der Waals surface area contributed by atoms with E-state index in [1.165, 1.54) is 0 Å². The van der Waals surface area contributed by atoms with Crippen molar-refractivity contribution in [2.75, 3.05) is 18.4 Å². The van der Waals surface area contributed by atoms with E-state index in [2.05, 4.69) is 9.71 Å². The third-order valence-corrected chi connectivity index (χ3v) is 4.37. The number of rotatable bonds is 6. The van der Waals surface area contributed by atoms with Gasteiger partial charge in [0.15, 0.2) is 0 Å². The molecule has 21 heavy (non-hydrogen) atoms. The quantitative estimate of drug-likeness (QED) is 0.889. The standard InChI is InChI=1S/C15H18N2O3S/c1-12-11-14(7-9-16-12)17-21(18,19)15-5-3-13(4-6-15)8-10-20-2/h3-7,9,11H,8,10H2,1-2H3,(H,16,17). The van der Waals surface area contributed by atoms with Gasteiger partial charge >= 0.3 is 0 Å². The first-order valence-corrected chi connectivity index (χ1v) is 8.03. The van der Waals surface area contributed by atoms with Crippen molar-refractivity contribution in [3.8, 4) is 0 Å². The lowest BCUT2D eigenvalue weighted by atomic mass is 10.2. The number of methoxy groups -OCH3 is 1. The number of hydrogen-bond acceptors (Lipinski definition) is 4. The Kier molecular flexibility index (Phi) is 4.93. The number of ether oxygens (including phenoxy) is 1. The number of hydrogen-bond donors (Lipinski definition) is 1. The Morgan fingerprint density at radius 2 is 1.90 bits per heavy atom. The van der Waals surface area contributed by atoms with Crippen LogP contribution in [0.1, 0.15) is 11.3 Å². The van der Waals surface area contributed by atoms with E-state index < -0.39 is 10.0 Å². The summed E-state index contributed by atoms with van der Waals surface area (Å²) in [5.41, 5.74) is 2.30. The number of anilines is 1. The van der Waals surface area contributed by atoms with Crippen LogP contribution in [-0.2, 0) is 21.2 Å². The average molecular weight is 306 g/mol. The molecule has 6 heteroatoms. The van der Waals surface area contributed by atoms with Gasteiger partial charge in [0.1, 0.15) is 0 Å². The lowest BCUT2D eigenvalue weighted by Crippen LogP contribution is -2.13. The lowest BCUT2D eigenvalue weighted by molar-refractivity contribution is 0.202. The second kappa shape index (κ2) is 6.69. The SMILES string of the molecule is COCCc1ccc(S(=O)(=O)Nc2ccnc(C)c2)cc1. The molecule has 0 bridgehead atoms. The molecule has 0 aliphatic rings. The van der Waals surface area contributed by atoms with Crippen molar-refractivity contribution >= 4 is 15.7 Å². The van der Waals surface area contributed by atoms with Crippen LogP contribution in [0.4, 0.5) is 5.69 Å². The maximum atomic E-state index is 12.3. The lowest BCUT2D eigenvalue weighted by Gasteiger charge is -2.09. The summed E-state index contributed by atoms with van der Waals surface area (Å²) in [6.07, 6.45) is 2.33. The monoisotopic (exact) mass is 306 g/mol. The normalized spacial score (nSPS) is 11.3. The summed E-state index contributed by atoms with van der Waals surface area (Å²) in [5.74, 6) is 0. The van der Waals surface area contributed by atoms with Gasteiger partial charge in [-0.3, -0.25) is 9.71 Å². The Bertz CT molecular complexity index is 697. The first kappa shape index (κ1) is 15.5. The van der Waals surface area contributed by atoms with Crippen molar-refractivity contribution in [3.63, 3.8) is 0 Å². The molecule has 0 fully saturated rings. The molecule has 2 rings (SSSR count). The third-order valence-electron chi connectivity index (χ3n) is 2.98. The van der Waals surface area contributed by atoms with Gasteiger partial charge in [0.2, 0.25) is 0 Å². The molecule has 0 radical (unpaired) electrons. The summed E-state index contributed by atoms with van der Waals surface area (Å²) in [4.78, 5) is 4.27. The molecule has 0 unspecified atom stereocenters. The average Bonchev–Trinajstić information content (AvgIpc) is 2.45. The zero-order chi connectivity index (χ0) is 15.3. The minimum Gasteiger partial charge on any atom is -0.384 e. The van der Waals surface area contributed by atoms with E-state index in [1.807, 2.05) is 6.92 Å². The van der Waals surface area contributed by atoms with Crippen LogP contribution in [-0.4, -0.2) is 27.1 Å². The molecule has 112 valence electrons. The molecule has 0 spiro atoms. The fourth-order valence-electron chi connectivity index (χ4n) is 1.88. The maximum Gasteiger partial charge on any atom is 0.261 e. The van der Waals surface area contributed by atoms with Gasteiger partial charge in [-0.05, 0) is 43.2 Å². The summed E-state index contributed by atoms with van der Waals surface area (Å²) in [6, 6.07) is 10.1. The highest BCUT2D eigenvalue weighted by molar-refractivity contribution is 7.92. The largest absolute Gasteiger partial charge is 0.384 e. The van der Waals surface area contributed by atoms with Crippen molar-refractivity contribution < 1.29 is 13.2 Å². The van der Waals surface area contributed by atoms with Crippen LogP contribution in [0.5, 0.6) is 0 Å². The summed E-state index contributed by atoms with van der Waals surface area (Å²) < 4.78 is 32.1. The van der Waals surface area contributed by atoms with Crippen LogP contribution < -0.4 is 4.72 Å². The highest BCUT2D eigenvalue weighted by Gasteiger charge is 2.14. The summed E-state index contributed by atoms with van der Waals surface area (Å²) in [5, 5.41) is 0. The van der Waals surface area contributed by atoms with E-state index in [9.17, 15) is 8.42 Å². The summed E-state index contributed by atoms with van der Waals surface area (Å²) in [7, 11) is -1.94. The molecule has 1 heterocycles. The van der Waals surface area contributed by atoms with Gasteiger partial charge in [-0.15, -0.1) is 0 Å². The number of aryl methyl sites for hydroxylation is 1. The Hall–Kier alpha value is -1.92. The van der Waals surface area contributed by atoms with Gasteiger partial charge in [0.25, 0.3) is 10.0 Å². The van der Waals surface area contributed by atoms with Gasteiger partial charge in [-0.25, -0.2) is 8.42 Å². The van der Waals surface area contributed by atoms with Crippen LogP contribution in [0.2, 0.25) is 0 Å². The minimum atomic E-state index is -3.58. The first-order valence-electron chi connectivity index (χ1n) is 6.54. The molecule has 0 aliphatic carbocycles. The number of pyridine rings is 1. The maximum absolute atomic E-state index is 12.3. The van der Waals surface area contributed by atoms with E-state index in [1.54, 1.807) is 49.7 Å². The van der Waals surface area contributed by atoms with E-state index in [4.69, 9.17) is 4.74 Å². The second-order valence-electron chi connectivity index (χ2n) is 4.68. The fraction of sp³-hybridized carbons (Fsp3) is 0.267. The Labute approximate surface area is 125 Å². The molecule has 0 atom stereocenters. The zero-order valence-electron chi connectivity index (χ0n) is 12.0. The number of sulfonamides is 1. The predicted molar refractivity (Wildman–Crippen MR) is 81.8 cm³/mol. The van der Waals surface area contributed by atoms with E-state index in [0.717, 1.165) is 17.7 Å². The highest BCUT2D eigenvalue weighted by Crippen LogP contribution is 2.17. The molecular weight excluding hydrogens is 288 g/mol. The van der Waals surface area contributed by atoms with Crippen molar-refractivity contribution in [1.29, 1.82) is 0 Å². The van der Waals surface area contributed by atoms with Crippen LogP contribution in [0.15, 0.2) is 47.5 Å². The highest BCUT2D eigenvalue weighted by atomic mass is 32.2. The predicted octanol–water partition coefficient (Wildman–Crippen LogP) is 2.38. The van der Waals surface area contributed by atoms with E-state index >= 15 is 0 Å². The van der Waals surface area contributed by atoms with Crippen LogP contribution in [0.3, 0.4) is 0 Å². The molecule has 0 saturated carbocycles. The third kappa shape index (κ3) is 4.27. The van der Waals surface area contributed by atoms with Crippen LogP contribution in [0.25, 0.3) is 0 Å². The van der Waals surface area contributed by atoms with Gasteiger partial charge < -0.3 is 4.74 Å². The van der Waals surface area contributed by atoms with Crippen LogP contribution >= 0.6 is 0 Å². The molecule has 0 aliphatic heterocycles. The molecule has 0 saturated heterocycles.